The van der Waals surface area contributed by atoms with Crippen LogP contribution in [-0.2, 0) is 4.74 Å². The summed E-state index contributed by atoms with van der Waals surface area (Å²) in [5.41, 5.74) is 5.27. The van der Waals surface area contributed by atoms with E-state index in [1.807, 2.05) is 13.8 Å². The molecule has 1 saturated heterocycles. The maximum atomic E-state index is 10.8. The first-order valence-corrected chi connectivity index (χ1v) is 6.09. The van der Waals surface area contributed by atoms with Crippen molar-refractivity contribution in [2.45, 2.75) is 63.8 Å². The standard InChI is InChI=1S/C12H23NO2/c1-9-6-12(14,7-10(2)15-9)11(8-13)4-3-5-11/h9-10,14H,3-8,13H2,1-2H3. The minimum absolute atomic E-state index is 0.0146. The van der Waals surface area contributed by atoms with Crippen molar-refractivity contribution in [1.29, 1.82) is 0 Å². The molecule has 0 radical (unpaired) electrons. The molecule has 2 aliphatic rings. The summed E-state index contributed by atoms with van der Waals surface area (Å²) in [6.07, 6.45) is 5.18. The molecule has 3 nitrogen and oxygen atoms in total. The van der Waals surface area contributed by atoms with Crippen molar-refractivity contribution in [2.75, 3.05) is 6.54 Å². The van der Waals surface area contributed by atoms with Gasteiger partial charge in [0.1, 0.15) is 0 Å². The second-order valence-corrected chi connectivity index (χ2v) is 5.54. The zero-order valence-electron chi connectivity index (χ0n) is 9.83. The molecule has 88 valence electrons. The van der Waals surface area contributed by atoms with E-state index in [0.717, 1.165) is 25.7 Å². The van der Waals surface area contributed by atoms with E-state index in [9.17, 15) is 5.11 Å². The van der Waals surface area contributed by atoms with E-state index in [1.165, 1.54) is 6.42 Å². The third-order valence-electron chi connectivity index (χ3n) is 4.40. The lowest BCUT2D eigenvalue weighted by atomic mass is 9.55. The first kappa shape index (κ1) is 11.4. The molecule has 1 heterocycles. The molecule has 0 aromatic carbocycles. The van der Waals surface area contributed by atoms with Crippen molar-refractivity contribution in [1.82, 2.24) is 0 Å². The summed E-state index contributed by atoms with van der Waals surface area (Å²) >= 11 is 0. The average Bonchev–Trinajstić information content (AvgIpc) is 1.98. The fraction of sp³-hybridized carbons (Fsp3) is 1.00. The zero-order chi connectivity index (χ0) is 11.1. The highest BCUT2D eigenvalue weighted by Crippen LogP contribution is 2.53. The normalized spacial score (nSPS) is 44.8. The van der Waals surface area contributed by atoms with Crippen molar-refractivity contribution in [2.24, 2.45) is 11.1 Å². The third kappa shape index (κ3) is 1.71. The highest BCUT2D eigenvalue weighted by Gasteiger charge is 2.55. The van der Waals surface area contributed by atoms with E-state index in [1.54, 1.807) is 0 Å². The van der Waals surface area contributed by atoms with E-state index in [2.05, 4.69) is 0 Å². The van der Waals surface area contributed by atoms with Gasteiger partial charge in [0.2, 0.25) is 0 Å². The van der Waals surface area contributed by atoms with E-state index in [-0.39, 0.29) is 17.6 Å². The third-order valence-corrected chi connectivity index (χ3v) is 4.40. The Bertz CT molecular complexity index is 222. The van der Waals surface area contributed by atoms with Gasteiger partial charge in [-0.1, -0.05) is 6.42 Å². The van der Waals surface area contributed by atoms with Crippen LogP contribution in [0.3, 0.4) is 0 Å². The van der Waals surface area contributed by atoms with Gasteiger partial charge in [-0.3, -0.25) is 0 Å². The van der Waals surface area contributed by atoms with E-state index in [4.69, 9.17) is 10.5 Å². The monoisotopic (exact) mass is 213 g/mol. The topological polar surface area (TPSA) is 55.5 Å². The van der Waals surface area contributed by atoms with Crippen LogP contribution in [0.4, 0.5) is 0 Å². The lowest BCUT2D eigenvalue weighted by Gasteiger charge is -2.56. The molecule has 0 amide bonds. The molecule has 2 atom stereocenters. The maximum absolute atomic E-state index is 10.8. The largest absolute Gasteiger partial charge is 0.389 e. The van der Waals surface area contributed by atoms with Crippen LogP contribution >= 0.6 is 0 Å². The Balaban J connectivity index is 2.16. The van der Waals surface area contributed by atoms with E-state index < -0.39 is 5.60 Å². The summed E-state index contributed by atoms with van der Waals surface area (Å²) in [5, 5.41) is 10.8. The van der Waals surface area contributed by atoms with Crippen molar-refractivity contribution in [3.63, 3.8) is 0 Å². The zero-order valence-corrected chi connectivity index (χ0v) is 9.83. The summed E-state index contributed by atoms with van der Waals surface area (Å²) in [6.45, 7) is 4.70. The van der Waals surface area contributed by atoms with Crippen LogP contribution in [0.5, 0.6) is 0 Å². The quantitative estimate of drug-likeness (QED) is 0.729. The fourth-order valence-corrected chi connectivity index (χ4v) is 3.42. The summed E-state index contributed by atoms with van der Waals surface area (Å²) in [7, 11) is 0. The Morgan fingerprint density at radius 2 is 1.80 bits per heavy atom. The predicted octanol–water partition coefficient (Wildman–Crippen LogP) is 1.43. The van der Waals surface area contributed by atoms with E-state index in [0.29, 0.717) is 6.54 Å². The molecule has 0 aromatic heterocycles. The highest BCUT2D eigenvalue weighted by atomic mass is 16.5. The fourth-order valence-electron chi connectivity index (χ4n) is 3.42. The Kier molecular flexibility index (Phi) is 2.82. The van der Waals surface area contributed by atoms with Crippen LogP contribution in [0.1, 0.15) is 46.0 Å². The molecule has 0 aromatic rings. The number of ether oxygens (including phenoxy) is 1. The van der Waals surface area contributed by atoms with Crippen LogP contribution in [0, 0.1) is 5.41 Å². The van der Waals surface area contributed by atoms with Gasteiger partial charge in [0, 0.05) is 24.8 Å². The Labute approximate surface area is 92.0 Å². The molecule has 2 rings (SSSR count). The van der Waals surface area contributed by atoms with Gasteiger partial charge in [0.15, 0.2) is 0 Å². The maximum Gasteiger partial charge on any atom is 0.0764 e. The predicted molar refractivity (Wildman–Crippen MR) is 59.5 cm³/mol. The Hall–Kier alpha value is -0.120. The van der Waals surface area contributed by atoms with Crippen LogP contribution in [-0.4, -0.2) is 29.5 Å². The number of rotatable bonds is 2. The van der Waals surface area contributed by atoms with Crippen LogP contribution < -0.4 is 5.73 Å². The Morgan fingerprint density at radius 3 is 2.13 bits per heavy atom. The van der Waals surface area contributed by atoms with Gasteiger partial charge in [-0.25, -0.2) is 0 Å². The van der Waals surface area contributed by atoms with Gasteiger partial charge in [0.25, 0.3) is 0 Å². The van der Waals surface area contributed by atoms with Crippen molar-refractivity contribution in [3.05, 3.63) is 0 Å². The first-order valence-electron chi connectivity index (χ1n) is 6.09. The lowest BCUT2D eigenvalue weighted by molar-refractivity contribution is -0.205. The molecule has 0 bridgehead atoms. The minimum Gasteiger partial charge on any atom is -0.389 e. The second kappa shape index (κ2) is 3.72. The lowest BCUT2D eigenvalue weighted by Crippen LogP contribution is -2.61. The number of hydrogen-bond acceptors (Lipinski definition) is 3. The molecule has 1 aliphatic heterocycles. The van der Waals surface area contributed by atoms with Gasteiger partial charge < -0.3 is 15.6 Å². The molecule has 15 heavy (non-hydrogen) atoms. The average molecular weight is 213 g/mol. The second-order valence-electron chi connectivity index (χ2n) is 5.54. The molecule has 1 saturated carbocycles. The van der Waals surface area contributed by atoms with Gasteiger partial charge >= 0.3 is 0 Å². The van der Waals surface area contributed by atoms with Crippen LogP contribution in [0.15, 0.2) is 0 Å². The van der Waals surface area contributed by atoms with Crippen molar-refractivity contribution in [3.8, 4) is 0 Å². The molecule has 3 N–H and O–H groups in total. The summed E-state index contributed by atoms with van der Waals surface area (Å²) in [4.78, 5) is 0. The van der Waals surface area contributed by atoms with Crippen LogP contribution in [0.2, 0.25) is 0 Å². The molecule has 0 spiro atoms. The summed E-state index contributed by atoms with van der Waals surface area (Å²) in [5.74, 6) is 0. The molecular formula is C12H23NO2. The molecule has 1 aliphatic carbocycles. The number of aliphatic hydroxyl groups is 1. The number of nitrogens with two attached hydrogens (primary N) is 1. The SMILES string of the molecule is CC1CC(O)(C2(CN)CCC2)CC(C)O1. The van der Waals surface area contributed by atoms with E-state index >= 15 is 0 Å². The minimum atomic E-state index is -0.586. The molecular weight excluding hydrogens is 190 g/mol. The van der Waals surface area contributed by atoms with Gasteiger partial charge in [-0.15, -0.1) is 0 Å². The summed E-state index contributed by atoms with van der Waals surface area (Å²) < 4.78 is 5.69. The first-order chi connectivity index (χ1) is 7.01. The molecule has 2 unspecified atom stereocenters. The Morgan fingerprint density at radius 1 is 1.27 bits per heavy atom. The summed E-state index contributed by atoms with van der Waals surface area (Å²) in [6, 6.07) is 0. The van der Waals surface area contributed by atoms with Crippen LogP contribution in [0.25, 0.3) is 0 Å². The van der Waals surface area contributed by atoms with Gasteiger partial charge in [-0.2, -0.15) is 0 Å². The van der Waals surface area contributed by atoms with Crippen molar-refractivity contribution < 1.29 is 9.84 Å². The van der Waals surface area contributed by atoms with Crippen molar-refractivity contribution >= 4 is 0 Å². The number of hydrogen-bond donors (Lipinski definition) is 2. The van der Waals surface area contributed by atoms with Gasteiger partial charge in [0.05, 0.1) is 17.8 Å². The smallest absolute Gasteiger partial charge is 0.0764 e. The molecule has 3 heteroatoms. The van der Waals surface area contributed by atoms with Gasteiger partial charge in [-0.05, 0) is 26.7 Å². The molecule has 2 fully saturated rings. The highest BCUT2D eigenvalue weighted by molar-refractivity contribution is 5.07.